The first-order chi connectivity index (χ1) is 11.1. The molecule has 4 fully saturated rings. The lowest BCUT2D eigenvalue weighted by atomic mass is 9.95. The second-order valence-electron chi connectivity index (χ2n) is 8.02. The first-order valence-electron chi connectivity index (χ1n) is 9.20. The third-order valence-corrected chi connectivity index (χ3v) is 5.93. The Labute approximate surface area is 139 Å². The molecule has 1 amide bonds. The van der Waals surface area contributed by atoms with E-state index in [0.717, 1.165) is 30.1 Å². The summed E-state index contributed by atoms with van der Waals surface area (Å²) in [5.74, 6) is 1.86. The Morgan fingerprint density at radius 2 is 1.91 bits per heavy atom. The fourth-order valence-corrected chi connectivity index (χ4v) is 4.34. The summed E-state index contributed by atoms with van der Waals surface area (Å²) in [6.07, 6.45) is 5.40. The summed E-state index contributed by atoms with van der Waals surface area (Å²) in [5, 5.41) is 0. The van der Waals surface area contributed by atoms with Crippen molar-refractivity contribution in [1.82, 2.24) is 9.80 Å². The predicted octanol–water partition coefficient (Wildman–Crippen LogP) is 3.25. The number of benzene rings is 1. The number of carbonyl (C=O) groups is 1. The maximum absolute atomic E-state index is 13.1. The molecule has 0 unspecified atom stereocenters. The third kappa shape index (κ3) is 3.16. The van der Waals surface area contributed by atoms with Gasteiger partial charge in [0.1, 0.15) is 0 Å². The molecular formula is C20H28N2O. The van der Waals surface area contributed by atoms with E-state index in [-0.39, 0.29) is 5.91 Å². The van der Waals surface area contributed by atoms with Gasteiger partial charge in [-0.15, -0.1) is 0 Å². The van der Waals surface area contributed by atoms with Crippen LogP contribution in [0.5, 0.6) is 0 Å². The number of rotatable bonds is 3. The molecule has 0 aromatic heterocycles. The zero-order chi connectivity index (χ0) is 16.0. The van der Waals surface area contributed by atoms with E-state index in [0.29, 0.717) is 12.0 Å². The summed E-state index contributed by atoms with van der Waals surface area (Å²) in [6.45, 7) is 8.47. The van der Waals surface area contributed by atoms with Gasteiger partial charge in [0.25, 0.3) is 5.91 Å². The van der Waals surface area contributed by atoms with Crippen molar-refractivity contribution < 1.29 is 4.79 Å². The van der Waals surface area contributed by atoms with Crippen LogP contribution in [0, 0.1) is 25.7 Å². The molecule has 0 radical (unpaired) electrons. The molecule has 0 spiro atoms. The number of hydrogen-bond donors (Lipinski definition) is 0. The van der Waals surface area contributed by atoms with Crippen molar-refractivity contribution in [2.75, 3.05) is 26.2 Å². The Hall–Kier alpha value is -1.35. The van der Waals surface area contributed by atoms with Crippen LogP contribution in [0.1, 0.15) is 47.2 Å². The van der Waals surface area contributed by atoms with Crippen LogP contribution in [0.2, 0.25) is 0 Å². The number of nitrogens with zero attached hydrogens (tertiary/aromatic N) is 2. The number of hydrogen-bond acceptors (Lipinski definition) is 2. The van der Waals surface area contributed by atoms with Crippen LogP contribution in [0.3, 0.4) is 0 Å². The maximum atomic E-state index is 13.1. The summed E-state index contributed by atoms with van der Waals surface area (Å²) in [4.78, 5) is 17.9. The highest BCUT2D eigenvalue weighted by atomic mass is 16.2. The molecule has 3 nitrogen and oxygen atoms in total. The lowest BCUT2D eigenvalue weighted by Crippen LogP contribution is -2.45. The molecule has 2 atom stereocenters. The van der Waals surface area contributed by atoms with Gasteiger partial charge in [-0.1, -0.05) is 17.7 Å². The monoisotopic (exact) mass is 312 g/mol. The van der Waals surface area contributed by atoms with E-state index in [4.69, 9.17) is 0 Å². The minimum atomic E-state index is 0.247. The minimum absolute atomic E-state index is 0.247. The van der Waals surface area contributed by atoms with Crippen molar-refractivity contribution in [1.29, 1.82) is 0 Å². The van der Waals surface area contributed by atoms with Crippen LogP contribution >= 0.6 is 0 Å². The molecule has 124 valence electrons. The lowest BCUT2D eigenvalue weighted by Gasteiger charge is -2.36. The number of carbonyl (C=O) groups excluding carboxylic acids is 1. The zero-order valence-electron chi connectivity index (χ0n) is 14.4. The van der Waals surface area contributed by atoms with Gasteiger partial charge in [-0.3, -0.25) is 9.69 Å². The van der Waals surface area contributed by atoms with E-state index in [2.05, 4.69) is 41.8 Å². The highest BCUT2D eigenvalue weighted by Gasteiger charge is 2.38. The predicted molar refractivity (Wildman–Crippen MR) is 92.6 cm³/mol. The first-order valence-corrected chi connectivity index (χ1v) is 9.20. The summed E-state index contributed by atoms with van der Waals surface area (Å²) in [6, 6.07) is 6.82. The van der Waals surface area contributed by atoms with Crippen molar-refractivity contribution in [3.05, 3.63) is 34.9 Å². The number of fused-ring (bicyclic) bond motifs is 4. The molecule has 2 bridgehead atoms. The number of aryl methyl sites for hydroxylation is 2. The van der Waals surface area contributed by atoms with E-state index < -0.39 is 0 Å². The molecule has 1 aromatic carbocycles. The Kier molecular flexibility index (Phi) is 3.92. The van der Waals surface area contributed by atoms with Crippen LogP contribution in [-0.2, 0) is 0 Å². The highest BCUT2D eigenvalue weighted by Crippen LogP contribution is 2.35. The Bertz CT molecular complexity index is 608. The highest BCUT2D eigenvalue weighted by molar-refractivity contribution is 5.96. The quantitative estimate of drug-likeness (QED) is 0.855. The van der Waals surface area contributed by atoms with Crippen LogP contribution in [0.15, 0.2) is 18.2 Å². The molecule has 3 heterocycles. The van der Waals surface area contributed by atoms with Crippen LogP contribution in [-0.4, -0.2) is 47.9 Å². The number of piperidine rings is 1. The van der Waals surface area contributed by atoms with Crippen molar-refractivity contribution in [2.45, 2.75) is 45.6 Å². The summed E-state index contributed by atoms with van der Waals surface area (Å²) >= 11 is 0. The molecule has 3 heteroatoms. The van der Waals surface area contributed by atoms with Gasteiger partial charge in [0.05, 0.1) is 0 Å². The van der Waals surface area contributed by atoms with Crippen LogP contribution < -0.4 is 0 Å². The number of amides is 1. The molecule has 3 saturated heterocycles. The van der Waals surface area contributed by atoms with E-state index in [1.54, 1.807) is 0 Å². The van der Waals surface area contributed by atoms with Gasteiger partial charge in [-0.05, 0) is 63.0 Å². The zero-order valence-corrected chi connectivity index (χ0v) is 14.4. The van der Waals surface area contributed by atoms with Gasteiger partial charge in [0, 0.05) is 37.8 Å². The molecule has 1 aliphatic carbocycles. The molecule has 1 saturated carbocycles. The maximum Gasteiger partial charge on any atom is 0.254 e. The van der Waals surface area contributed by atoms with Gasteiger partial charge >= 0.3 is 0 Å². The third-order valence-electron chi connectivity index (χ3n) is 5.93. The van der Waals surface area contributed by atoms with Gasteiger partial charge in [0.2, 0.25) is 0 Å². The molecule has 5 rings (SSSR count). The van der Waals surface area contributed by atoms with Crippen LogP contribution in [0.25, 0.3) is 0 Å². The van der Waals surface area contributed by atoms with Gasteiger partial charge in [0.15, 0.2) is 0 Å². The molecule has 1 aromatic rings. The average molecular weight is 312 g/mol. The molecule has 4 aliphatic rings. The fraction of sp³-hybridized carbons (Fsp3) is 0.650. The van der Waals surface area contributed by atoms with Crippen molar-refractivity contribution >= 4 is 5.91 Å². The summed E-state index contributed by atoms with van der Waals surface area (Å²) in [7, 11) is 0. The van der Waals surface area contributed by atoms with E-state index in [9.17, 15) is 4.79 Å². The van der Waals surface area contributed by atoms with E-state index in [1.807, 2.05) is 0 Å². The largest absolute Gasteiger partial charge is 0.337 e. The van der Waals surface area contributed by atoms with E-state index in [1.165, 1.54) is 44.3 Å². The lowest BCUT2D eigenvalue weighted by molar-refractivity contribution is 0.0736. The van der Waals surface area contributed by atoms with Crippen molar-refractivity contribution in [2.24, 2.45) is 11.8 Å². The molecular weight excluding hydrogens is 284 g/mol. The second kappa shape index (κ2) is 5.94. The Morgan fingerprint density at radius 1 is 1.09 bits per heavy atom. The summed E-state index contributed by atoms with van der Waals surface area (Å²) in [5.41, 5.74) is 3.18. The fourth-order valence-electron chi connectivity index (χ4n) is 4.34. The van der Waals surface area contributed by atoms with Crippen molar-refractivity contribution in [3.63, 3.8) is 0 Å². The van der Waals surface area contributed by atoms with Gasteiger partial charge in [-0.25, -0.2) is 0 Å². The molecule has 23 heavy (non-hydrogen) atoms. The van der Waals surface area contributed by atoms with E-state index >= 15 is 0 Å². The first kappa shape index (κ1) is 15.2. The SMILES string of the molecule is Cc1ccc(C)c(C(=O)N2C[C@@H]3CC[C@H](C2)N(CC2CC2)C3)c1. The molecule has 3 aliphatic heterocycles. The van der Waals surface area contributed by atoms with Gasteiger partial charge < -0.3 is 4.90 Å². The van der Waals surface area contributed by atoms with Gasteiger partial charge in [-0.2, -0.15) is 0 Å². The van der Waals surface area contributed by atoms with Crippen LogP contribution in [0.4, 0.5) is 0 Å². The molecule has 0 N–H and O–H groups in total. The Balaban J connectivity index is 1.53. The topological polar surface area (TPSA) is 23.6 Å². The normalized spacial score (nSPS) is 28.0. The summed E-state index contributed by atoms with van der Waals surface area (Å²) < 4.78 is 0. The Morgan fingerprint density at radius 3 is 2.70 bits per heavy atom. The average Bonchev–Trinajstić information content (AvgIpc) is 3.36. The second-order valence-corrected chi connectivity index (χ2v) is 8.02. The minimum Gasteiger partial charge on any atom is -0.337 e. The van der Waals surface area contributed by atoms with Crippen molar-refractivity contribution in [3.8, 4) is 0 Å². The standard InChI is InChI=1S/C20H28N2O/c1-14-3-4-15(2)19(9-14)20(23)22-12-17-7-8-18(13-22)21(11-17)10-16-5-6-16/h3-4,9,16-18H,5-8,10-13H2,1-2H3/t17-,18-/m1/s1. The smallest absolute Gasteiger partial charge is 0.254 e.